The maximum absolute atomic E-state index is 13.2. The van der Waals surface area contributed by atoms with E-state index in [-0.39, 0.29) is 31.8 Å². The van der Waals surface area contributed by atoms with Crippen molar-refractivity contribution in [3.05, 3.63) is 137 Å². The first-order valence-corrected chi connectivity index (χ1v) is 13.6. The summed E-state index contributed by atoms with van der Waals surface area (Å²) in [5.41, 5.74) is 5.69. The fourth-order valence-corrected chi connectivity index (χ4v) is 4.92. The Hall–Kier alpha value is -4.53. The molecular formula is C34H36N4O3S. The Morgan fingerprint density at radius 3 is 1.90 bits per heavy atom. The van der Waals surface area contributed by atoms with Gasteiger partial charge < -0.3 is 4.74 Å². The molecule has 1 atom stereocenters. The molecule has 4 aromatic carbocycles. The molecule has 7 nitrogen and oxygen atoms in total. The van der Waals surface area contributed by atoms with Crippen LogP contribution in [0.25, 0.3) is 22.4 Å². The van der Waals surface area contributed by atoms with Crippen LogP contribution in [0, 0.1) is 0 Å². The number of benzene rings is 4. The second kappa shape index (κ2) is 13.9. The van der Waals surface area contributed by atoms with Crippen LogP contribution in [0.5, 0.6) is 0 Å². The Labute approximate surface area is 253 Å². The summed E-state index contributed by atoms with van der Waals surface area (Å²) in [5, 5.41) is 2.80. The lowest BCUT2D eigenvalue weighted by molar-refractivity contribution is 0.0966. The van der Waals surface area contributed by atoms with Gasteiger partial charge in [0.2, 0.25) is 0 Å². The molecule has 0 aliphatic rings. The van der Waals surface area contributed by atoms with Crippen molar-refractivity contribution in [3.63, 3.8) is 0 Å². The molecule has 0 aliphatic carbocycles. The van der Waals surface area contributed by atoms with E-state index in [1.807, 2.05) is 60.7 Å². The number of carbonyl (C=O) groups is 1. The molecule has 1 amide bonds. The second-order valence-corrected chi connectivity index (χ2v) is 10.2. The van der Waals surface area contributed by atoms with Gasteiger partial charge in [-0.3, -0.25) is 19.4 Å². The molecule has 1 aromatic heterocycles. The highest BCUT2D eigenvalue weighted by Crippen LogP contribution is 2.21. The molecule has 0 fully saturated rings. The Morgan fingerprint density at radius 1 is 0.833 bits per heavy atom. The molecule has 0 bridgehead atoms. The Bertz CT molecular complexity index is 1650. The summed E-state index contributed by atoms with van der Waals surface area (Å²) in [6.45, 7) is 9.54. The molecule has 5 aromatic rings. The van der Waals surface area contributed by atoms with Crippen LogP contribution in [-0.4, -0.2) is 32.8 Å². The van der Waals surface area contributed by atoms with Gasteiger partial charge in [0.1, 0.15) is 6.61 Å². The lowest BCUT2D eigenvalue weighted by atomic mass is 10.1. The number of hydrogen-bond acceptors (Lipinski definition) is 4. The highest BCUT2D eigenvalue weighted by molar-refractivity contribution is 7.59. The van der Waals surface area contributed by atoms with Gasteiger partial charge in [-0.25, -0.2) is 9.59 Å². The molecule has 0 aliphatic heterocycles. The van der Waals surface area contributed by atoms with E-state index in [9.17, 15) is 9.59 Å². The fraction of sp³-hybridized carbons (Fsp3) is 0.176. The van der Waals surface area contributed by atoms with Crippen LogP contribution in [0.2, 0.25) is 0 Å². The maximum atomic E-state index is 13.2. The largest absolute Gasteiger partial charge is 0.448 e. The number of aromatic nitrogens is 2. The van der Waals surface area contributed by atoms with E-state index in [0.717, 1.165) is 24.1 Å². The van der Waals surface area contributed by atoms with E-state index in [1.54, 1.807) is 40.3 Å². The van der Waals surface area contributed by atoms with Crippen molar-refractivity contribution in [3.8, 4) is 5.69 Å². The summed E-state index contributed by atoms with van der Waals surface area (Å²) < 4.78 is 8.86. The van der Waals surface area contributed by atoms with Gasteiger partial charge in [0, 0.05) is 30.5 Å². The average molecular weight is 581 g/mol. The summed E-state index contributed by atoms with van der Waals surface area (Å²) in [6.07, 6.45) is -0.528. The van der Waals surface area contributed by atoms with Crippen LogP contribution in [0.1, 0.15) is 25.0 Å². The molecule has 42 heavy (non-hydrogen) atoms. The van der Waals surface area contributed by atoms with Gasteiger partial charge in [-0.15, -0.1) is 0 Å². The van der Waals surface area contributed by atoms with Crippen LogP contribution < -0.4 is 11.0 Å². The molecule has 1 heterocycles. The predicted octanol–water partition coefficient (Wildman–Crippen LogP) is 7.04. The number of rotatable bonds is 10. The summed E-state index contributed by atoms with van der Waals surface area (Å²) >= 11 is 0. The number of carbonyl (C=O) groups excluding carboxylic acids is 1. The molecular weight excluding hydrogens is 544 g/mol. The SMILES string of the molecule is C=C(C)n1c(=O)n(-c2ccc(NC(=O)OC[C@H](C)N(Cc3ccccc3)Cc3ccccc3)cc2)c2ccccc21.S. The fourth-order valence-electron chi connectivity index (χ4n) is 4.92. The monoisotopic (exact) mass is 580 g/mol. The quantitative estimate of drug-likeness (QED) is 0.193. The van der Waals surface area contributed by atoms with Crippen LogP contribution in [0.15, 0.2) is 121 Å². The van der Waals surface area contributed by atoms with E-state index in [2.05, 4.69) is 48.0 Å². The van der Waals surface area contributed by atoms with Gasteiger partial charge in [-0.05, 0) is 61.4 Å². The second-order valence-electron chi connectivity index (χ2n) is 10.2. The van der Waals surface area contributed by atoms with Crippen LogP contribution in [0.3, 0.4) is 0 Å². The standard InChI is InChI=1S/C34H34N4O3.H2S/c1-25(2)37-31-16-10-11-17-32(31)38(34(37)40)30-20-18-29(19-21-30)35-33(39)41-24-26(3)36(22-27-12-6-4-7-13-27)23-28-14-8-5-9-15-28;/h4-21,26H,1,22-24H2,2-3H3,(H,35,39);1H2/t26-;/m0./s1. The Balaban J connectivity index is 0.00000405. The van der Waals surface area contributed by atoms with Crippen molar-refractivity contribution in [2.45, 2.75) is 33.0 Å². The third-order valence-electron chi connectivity index (χ3n) is 7.04. The number of para-hydroxylation sites is 2. The van der Waals surface area contributed by atoms with E-state index in [4.69, 9.17) is 4.74 Å². The molecule has 0 saturated heterocycles. The summed E-state index contributed by atoms with van der Waals surface area (Å²) in [4.78, 5) is 28.2. The van der Waals surface area contributed by atoms with Gasteiger partial charge in [-0.2, -0.15) is 13.5 Å². The number of imidazole rings is 1. The Morgan fingerprint density at radius 2 is 1.36 bits per heavy atom. The molecule has 0 unspecified atom stereocenters. The van der Waals surface area contributed by atoms with Crippen molar-refractivity contribution >= 4 is 42.0 Å². The first-order chi connectivity index (χ1) is 19.9. The lowest BCUT2D eigenvalue weighted by Crippen LogP contribution is -2.36. The molecule has 0 radical (unpaired) electrons. The molecule has 5 rings (SSSR count). The van der Waals surface area contributed by atoms with Crippen LogP contribution in [0.4, 0.5) is 10.5 Å². The van der Waals surface area contributed by atoms with Crippen LogP contribution >= 0.6 is 13.5 Å². The zero-order valence-corrected chi connectivity index (χ0v) is 24.9. The van der Waals surface area contributed by atoms with E-state index in [0.29, 0.717) is 17.1 Å². The summed E-state index contributed by atoms with van der Waals surface area (Å²) in [5.74, 6) is 0. The van der Waals surface area contributed by atoms with Crippen molar-refractivity contribution in [1.29, 1.82) is 0 Å². The maximum Gasteiger partial charge on any atom is 0.411 e. The number of ether oxygens (including phenoxy) is 1. The zero-order valence-electron chi connectivity index (χ0n) is 23.9. The molecule has 0 spiro atoms. The average Bonchev–Trinajstić information content (AvgIpc) is 3.29. The minimum absolute atomic E-state index is 0. The third kappa shape index (κ3) is 7.02. The van der Waals surface area contributed by atoms with E-state index in [1.165, 1.54) is 11.1 Å². The lowest BCUT2D eigenvalue weighted by Gasteiger charge is -2.29. The number of allylic oxidation sites excluding steroid dienone is 1. The predicted molar refractivity (Wildman–Crippen MR) is 175 cm³/mol. The number of nitrogens with one attached hydrogen (secondary N) is 1. The summed E-state index contributed by atoms with van der Waals surface area (Å²) in [7, 11) is 0. The number of fused-ring (bicyclic) bond motifs is 1. The number of hydrogen-bond donors (Lipinski definition) is 1. The Kier molecular flexibility index (Phi) is 10.1. The van der Waals surface area contributed by atoms with Crippen molar-refractivity contribution < 1.29 is 9.53 Å². The number of nitrogens with zero attached hydrogens (tertiary/aromatic N) is 3. The van der Waals surface area contributed by atoms with Gasteiger partial charge in [0.05, 0.1) is 16.7 Å². The van der Waals surface area contributed by atoms with E-state index < -0.39 is 6.09 Å². The first kappa shape index (κ1) is 30.4. The zero-order chi connectivity index (χ0) is 28.8. The molecule has 1 N–H and O–H groups in total. The molecule has 8 heteroatoms. The minimum atomic E-state index is -0.528. The van der Waals surface area contributed by atoms with E-state index >= 15 is 0 Å². The van der Waals surface area contributed by atoms with Gasteiger partial charge in [-0.1, -0.05) is 79.4 Å². The van der Waals surface area contributed by atoms with Gasteiger partial charge in [0.15, 0.2) is 0 Å². The number of anilines is 1. The summed E-state index contributed by atoms with van der Waals surface area (Å²) in [6, 6.07) is 35.3. The highest BCUT2D eigenvalue weighted by Gasteiger charge is 2.18. The minimum Gasteiger partial charge on any atom is -0.448 e. The van der Waals surface area contributed by atoms with Crippen molar-refractivity contribution in [2.75, 3.05) is 11.9 Å². The van der Waals surface area contributed by atoms with Gasteiger partial charge in [0.25, 0.3) is 0 Å². The first-order valence-electron chi connectivity index (χ1n) is 13.6. The van der Waals surface area contributed by atoms with Crippen molar-refractivity contribution in [2.24, 2.45) is 0 Å². The van der Waals surface area contributed by atoms with Crippen molar-refractivity contribution in [1.82, 2.24) is 14.0 Å². The number of amides is 1. The van der Waals surface area contributed by atoms with Gasteiger partial charge >= 0.3 is 11.8 Å². The van der Waals surface area contributed by atoms with Crippen LogP contribution in [-0.2, 0) is 17.8 Å². The smallest absolute Gasteiger partial charge is 0.411 e. The molecule has 0 saturated carbocycles. The topological polar surface area (TPSA) is 68.5 Å². The third-order valence-corrected chi connectivity index (χ3v) is 7.04. The molecule has 216 valence electrons. The normalized spacial score (nSPS) is 11.6. The highest BCUT2D eigenvalue weighted by atomic mass is 32.1.